The van der Waals surface area contributed by atoms with Gasteiger partial charge < -0.3 is 10.1 Å². The summed E-state index contributed by atoms with van der Waals surface area (Å²) in [5, 5.41) is 12.7. The molecular formula is C28H24N4O4. The van der Waals surface area contributed by atoms with Crippen molar-refractivity contribution in [1.82, 2.24) is 14.7 Å². The summed E-state index contributed by atoms with van der Waals surface area (Å²) in [6.07, 6.45) is 4.29. The standard InChI is InChI=1S/C28H24N4O4/c1-36-28(35)18-7-10-21(11-8-18)30-26(33)22-6-3-13-32-25(22)31-24-12-9-20(15-23(24)27(32)34)19-5-2-4-17(14-19)16-29/h2-6,9,12-15,18,21H,7-8,10-11H2,1H3,(H,30,33). The number of carbonyl (C=O) groups is 2. The smallest absolute Gasteiger partial charge is 0.308 e. The number of nitrogens with zero attached hydrogens (tertiary/aromatic N) is 3. The van der Waals surface area contributed by atoms with Gasteiger partial charge in [0.1, 0.15) is 0 Å². The second kappa shape index (κ2) is 9.62. The van der Waals surface area contributed by atoms with Crippen molar-refractivity contribution in [3.63, 3.8) is 0 Å². The predicted molar refractivity (Wildman–Crippen MR) is 134 cm³/mol. The zero-order valence-corrected chi connectivity index (χ0v) is 19.7. The normalized spacial score (nSPS) is 17.4. The Kier molecular flexibility index (Phi) is 6.21. The molecule has 1 aliphatic rings. The number of rotatable bonds is 4. The highest BCUT2D eigenvalue weighted by Crippen LogP contribution is 2.26. The molecule has 0 unspecified atom stereocenters. The lowest BCUT2D eigenvalue weighted by molar-refractivity contribution is -0.146. The minimum Gasteiger partial charge on any atom is -0.469 e. The van der Waals surface area contributed by atoms with E-state index >= 15 is 0 Å². The number of methoxy groups -OCH3 is 1. The van der Waals surface area contributed by atoms with Crippen LogP contribution in [0.25, 0.3) is 27.7 Å². The van der Waals surface area contributed by atoms with Crippen LogP contribution in [0.5, 0.6) is 0 Å². The molecule has 2 aromatic heterocycles. The van der Waals surface area contributed by atoms with Crippen LogP contribution in [0.4, 0.5) is 0 Å². The Bertz CT molecular complexity index is 1590. The van der Waals surface area contributed by atoms with Gasteiger partial charge in [-0.25, -0.2) is 4.98 Å². The molecule has 0 aliphatic heterocycles. The number of amides is 1. The monoisotopic (exact) mass is 480 g/mol. The van der Waals surface area contributed by atoms with Gasteiger partial charge >= 0.3 is 5.97 Å². The maximum absolute atomic E-state index is 13.4. The van der Waals surface area contributed by atoms with Gasteiger partial charge in [0, 0.05) is 12.2 Å². The minimum atomic E-state index is -0.300. The Morgan fingerprint density at radius 1 is 1.06 bits per heavy atom. The highest BCUT2D eigenvalue weighted by molar-refractivity contribution is 6.01. The molecule has 0 radical (unpaired) electrons. The number of nitriles is 1. The fourth-order valence-electron chi connectivity index (χ4n) is 4.86. The van der Waals surface area contributed by atoms with Crippen LogP contribution in [-0.2, 0) is 9.53 Å². The maximum Gasteiger partial charge on any atom is 0.308 e. The number of ether oxygens (including phenoxy) is 1. The van der Waals surface area contributed by atoms with Gasteiger partial charge in [-0.3, -0.25) is 18.8 Å². The third-order valence-electron chi connectivity index (χ3n) is 6.81. The Morgan fingerprint density at radius 3 is 2.58 bits per heavy atom. The second-order valence-corrected chi connectivity index (χ2v) is 9.00. The van der Waals surface area contributed by atoms with Crippen molar-refractivity contribution >= 4 is 28.4 Å². The molecule has 0 spiro atoms. The van der Waals surface area contributed by atoms with Gasteiger partial charge in [-0.1, -0.05) is 18.2 Å². The minimum absolute atomic E-state index is 0.0578. The van der Waals surface area contributed by atoms with E-state index in [4.69, 9.17) is 4.74 Å². The summed E-state index contributed by atoms with van der Waals surface area (Å²) in [4.78, 5) is 43.0. The third kappa shape index (κ3) is 4.31. The molecule has 2 aromatic carbocycles. The zero-order chi connectivity index (χ0) is 25.2. The van der Waals surface area contributed by atoms with E-state index in [1.54, 1.807) is 48.7 Å². The first-order chi connectivity index (χ1) is 17.5. The average molecular weight is 481 g/mol. The molecule has 1 amide bonds. The van der Waals surface area contributed by atoms with Crippen LogP contribution in [-0.4, -0.2) is 34.4 Å². The highest BCUT2D eigenvalue weighted by atomic mass is 16.5. The van der Waals surface area contributed by atoms with Crippen LogP contribution >= 0.6 is 0 Å². The van der Waals surface area contributed by atoms with Gasteiger partial charge in [0.25, 0.3) is 11.5 Å². The number of hydrogen-bond acceptors (Lipinski definition) is 6. The molecule has 1 fully saturated rings. The number of nitrogens with one attached hydrogen (secondary N) is 1. The quantitative estimate of drug-likeness (QED) is 0.351. The van der Waals surface area contributed by atoms with Crippen molar-refractivity contribution in [2.75, 3.05) is 7.11 Å². The van der Waals surface area contributed by atoms with E-state index in [9.17, 15) is 19.6 Å². The molecule has 5 rings (SSSR count). The third-order valence-corrected chi connectivity index (χ3v) is 6.81. The van der Waals surface area contributed by atoms with E-state index in [1.165, 1.54) is 11.5 Å². The Labute approximate surface area is 207 Å². The summed E-state index contributed by atoms with van der Waals surface area (Å²) in [5.74, 6) is -0.629. The number of benzene rings is 2. The molecule has 1 aliphatic carbocycles. The van der Waals surface area contributed by atoms with E-state index in [-0.39, 0.29) is 35.0 Å². The van der Waals surface area contributed by atoms with Crippen LogP contribution < -0.4 is 10.9 Å². The van der Waals surface area contributed by atoms with Crippen molar-refractivity contribution in [3.8, 4) is 17.2 Å². The Morgan fingerprint density at radius 2 is 1.83 bits per heavy atom. The first-order valence-corrected chi connectivity index (χ1v) is 11.8. The molecule has 4 aromatic rings. The summed E-state index contributed by atoms with van der Waals surface area (Å²) in [7, 11) is 1.39. The van der Waals surface area contributed by atoms with Crippen molar-refractivity contribution in [2.45, 2.75) is 31.7 Å². The lowest BCUT2D eigenvalue weighted by atomic mass is 9.86. The molecule has 180 valence electrons. The van der Waals surface area contributed by atoms with Gasteiger partial charge in [0.2, 0.25) is 0 Å². The highest BCUT2D eigenvalue weighted by Gasteiger charge is 2.28. The summed E-state index contributed by atoms with van der Waals surface area (Å²) >= 11 is 0. The fourth-order valence-corrected chi connectivity index (χ4v) is 4.86. The molecule has 2 heterocycles. The molecule has 1 N–H and O–H groups in total. The van der Waals surface area contributed by atoms with Crippen molar-refractivity contribution in [3.05, 3.63) is 82.3 Å². The maximum atomic E-state index is 13.4. The summed E-state index contributed by atoms with van der Waals surface area (Å²) in [5.41, 5.74) is 2.98. The zero-order valence-electron chi connectivity index (χ0n) is 19.7. The summed E-state index contributed by atoms with van der Waals surface area (Å²) in [6.45, 7) is 0. The number of hydrogen-bond donors (Lipinski definition) is 1. The molecular weight excluding hydrogens is 456 g/mol. The van der Waals surface area contributed by atoms with Gasteiger partial charge in [0.15, 0.2) is 5.65 Å². The number of aromatic nitrogens is 2. The summed E-state index contributed by atoms with van der Waals surface area (Å²) in [6, 6.07) is 17.9. The molecule has 0 bridgehead atoms. The molecule has 36 heavy (non-hydrogen) atoms. The topological polar surface area (TPSA) is 114 Å². The van der Waals surface area contributed by atoms with E-state index in [1.807, 2.05) is 12.1 Å². The second-order valence-electron chi connectivity index (χ2n) is 9.00. The first kappa shape index (κ1) is 23.2. The Balaban J connectivity index is 1.46. The molecule has 0 saturated heterocycles. The van der Waals surface area contributed by atoms with E-state index in [0.29, 0.717) is 47.7 Å². The number of esters is 1. The lowest BCUT2D eigenvalue weighted by Gasteiger charge is -2.27. The van der Waals surface area contributed by atoms with Crippen molar-refractivity contribution in [2.24, 2.45) is 5.92 Å². The van der Waals surface area contributed by atoms with Crippen molar-refractivity contribution < 1.29 is 14.3 Å². The van der Waals surface area contributed by atoms with Gasteiger partial charge in [0.05, 0.1) is 41.1 Å². The Hall–Kier alpha value is -4.51. The van der Waals surface area contributed by atoms with E-state index < -0.39 is 0 Å². The SMILES string of the molecule is COC(=O)C1CCC(NC(=O)c2cccn3c(=O)c4cc(-c5cccc(C#N)c5)ccc4nc23)CC1. The number of carbonyl (C=O) groups excluding carboxylic acids is 2. The van der Waals surface area contributed by atoms with Crippen LogP contribution in [0.3, 0.4) is 0 Å². The molecule has 8 heteroatoms. The van der Waals surface area contributed by atoms with E-state index in [2.05, 4.69) is 16.4 Å². The largest absolute Gasteiger partial charge is 0.469 e. The van der Waals surface area contributed by atoms with E-state index in [0.717, 1.165) is 11.1 Å². The van der Waals surface area contributed by atoms with Gasteiger partial charge in [-0.05, 0) is 73.2 Å². The van der Waals surface area contributed by atoms with Crippen molar-refractivity contribution in [1.29, 1.82) is 5.26 Å². The first-order valence-electron chi connectivity index (χ1n) is 11.8. The van der Waals surface area contributed by atoms with Crippen LogP contribution in [0, 0.1) is 17.2 Å². The fraction of sp³-hybridized carbons (Fsp3) is 0.250. The van der Waals surface area contributed by atoms with Crippen LogP contribution in [0.2, 0.25) is 0 Å². The van der Waals surface area contributed by atoms with Gasteiger partial charge in [-0.2, -0.15) is 5.26 Å². The molecule has 1 saturated carbocycles. The number of pyridine rings is 1. The molecule has 0 atom stereocenters. The van der Waals surface area contributed by atoms with Crippen LogP contribution in [0.1, 0.15) is 41.6 Å². The van der Waals surface area contributed by atoms with Gasteiger partial charge in [-0.15, -0.1) is 0 Å². The molecule has 8 nitrogen and oxygen atoms in total. The average Bonchev–Trinajstić information content (AvgIpc) is 2.92. The van der Waals surface area contributed by atoms with Crippen LogP contribution in [0.15, 0.2) is 65.6 Å². The number of fused-ring (bicyclic) bond motifs is 2. The summed E-state index contributed by atoms with van der Waals surface area (Å²) < 4.78 is 6.22. The lowest BCUT2D eigenvalue weighted by Crippen LogP contribution is -2.39. The predicted octanol–water partition coefficient (Wildman–Crippen LogP) is 3.85.